The van der Waals surface area contributed by atoms with Gasteiger partial charge in [-0.1, -0.05) is 0 Å². The quantitative estimate of drug-likeness (QED) is 0.622. The van der Waals surface area contributed by atoms with Gasteiger partial charge in [0.1, 0.15) is 0 Å². The Morgan fingerprint density at radius 1 is 1.50 bits per heavy atom. The van der Waals surface area contributed by atoms with Crippen molar-refractivity contribution in [2.45, 2.75) is 13.0 Å². The average molecular weight is 198 g/mol. The zero-order valence-electron chi connectivity index (χ0n) is 6.97. The van der Waals surface area contributed by atoms with Crippen molar-refractivity contribution in [3.63, 3.8) is 0 Å². The Morgan fingerprint density at radius 3 is 2.67 bits per heavy atom. The fourth-order valence-electron chi connectivity index (χ4n) is 1.30. The summed E-state index contributed by atoms with van der Waals surface area (Å²) in [4.78, 5) is 1.52. The lowest BCUT2D eigenvalue weighted by Crippen LogP contribution is -2.47. The summed E-state index contributed by atoms with van der Waals surface area (Å²) in [5.74, 6) is 1.66. The molecule has 1 atom stereocenters. The van der Waals surface area contributed by atoms with E-state index in [0.717, 1.165) is 11.5 Å². The molecule has 0 aromatic rings. The molecule has 1 fully saturated rings. The maximum Gasteiger partial charge on any atom is 0.492 e. The second kappa shape index (κ2) is 3.92. The smallest absolute Gasteiger partial charge is 0.448 e. The van der Waals surface area contributed by atoms with Gasteiger partial charge in [0.05, 0.1) is 0 Å². The van der Waals surface area contributed by atoms with Crippen LogP contribution in [-0.4, -0.2) is 42.4 Å². The standard InChI is InChI=1S/C6H12BF3NS/c1-6-4-12-3-2-11(6)5-7(8,9)10/h6H,2-5H2,1H3/q-1. The Labute approximate surface area is 74.7 Å². The first-order chi connectivity index (χ1) is 5.49. The molecule has 0 aliphatic carbocycles. The molecule has 6 heteroatoms. The number of hydrogen-bond donors (Lipinski definition) is 0. The van der Waals surface area contributed by atoms with Crippen LogP contribution in [0.4, 0.5) is 12.9 Å². The van der Waals surface area contributed by atoms with E-state index < -0.39 is 13.4 Å². The van der Waals surface area contributed by atoms with E-state index in [9.17, 15) is 12.9 Å². The number of thioether (sulfide) groups is 1. The largest absolute Gasteiger partial charge is 0.492 e. The van der Waals surface area contributed by atoms with Crippen LogP contribution in [0, 0.1) is 0 Å². The van der Waals surface area contributed by atoms with Gasteiger partial charge in [-0.05, 0) is 13.4 Å². The van der Waals surface area contributed by atoms with Gasteiger partial charge in [-0.2, -0.15) is 11.8 Å². The number of hydrogen-bond acceptors (Lipinski definition) is 2. The third kappa shape index (κ3) is 3.27. The van der Waals surface area contributed by atoms with Crippen LogP contribution in [0.3, 0.4) is 0 Å². The van der Waals surface area contributed by atoms with Crippen LogP contribution in [0.2, 0.25) is 0 Å². The number of halogens is 3. The minimum atomic E-state index is -4.64. The molecule has 0 amide bonds. The maximum absolute atomic E-state index is 12.0. The van der Waals surface area contributed by atoms with Gasteiger partial charge in [0.2, 0.25) is 0 Å². The molecule has 0 bridgehead atoms. The normalized spacial score (nSPS) is 27.5. The minimum Gasteiger partial charge on any atom is -0.448 e. The lowest BCUT2D eigenvalue weighted by molar-refractivity contribution is 0.240. The molecular formula is C6H12BF3NS-. The van der Waals surface area contributed by atoms with Gasteiger partial charge in [0, 0.05) is 24.1 Å². The van der Waals surface area contributed by atoms with Crippen LogP contribution >= 0.6 is 11.8 Å². The van der Waals surface area contributed by atoms with E-state index in [0.29, 0.717) is 6.54 Å². The van der Waals surface area contributed by atoms with Crippen LogP contribution < -0.4 is 0 Å². The first-order valence-electron chi connectivity index (χ1n) is 4.02. The maximum atomic E-state index is 12.0. The molecule has 0 radical (unpaired) electrons. The molecule has 0 aromatic heterocycles. The second-order valence-corrected chi connectivity index (χ2v) is 4.28. The number of nitrogens with zero attached hydrogens (tertiary/aromatic N) is 1. The van der Waals surface area contributed by atoms with Crippen LogP contribution in [0.15, 0.2) is 0 Å². The third-order valence-electron chi connectivity index (χ3n) is 1.95. The molecule has 0 aromatic carbocycles. The third-order valence-corrected chi connectivity index (χ3v) is 3.14. The predicted molar refractivity (Wildman–Crippen MR) is 47.4 cm³/mol. The van der Waals surface area contributed by atoms with Gasteiger partial charge in [-0.3, -0.25) is 0 Å². The molecule has 1 rings (SSSR count). The van der Waals surface area contributed by atoms with Gasteiger partial charge in [0.15, 0.2) is 0 Å². The van der Waals surface area contributed by atoms with E-state index in [1.165, 1.54) is 4.90 Å². The summed E-state index contributed by atoms with van der Waals surface area (Å²) in [6.07, 6.45) is -0.693. The summed E-state index contributed by atoms with van der Waals surface area (Å²) in [6, 6.07) is 0.0762. The van der Waals surface area contributed by atoms with Crippen LogP contribution in [0.1, 0.15) is 6.92 Å². The minimum absolute atomic E-state index is 0.0762. The van der Waals surface area contributed by atoms with Crippen LogP contribution in [-0.2, 0) is 0 Å². The fraction of sp³-hybridized carbons (Fsp3) is 1.00. The van der Waals surface area contributed by atoms with E-state index in [1.807, 2.05) is 6.92 Å². The Morgan fingerprint density at radius 2 is 2.17 bits per heavy atom. The van der Waals surface area contributed by atoms with Crippen molar-refractivity contribution in [1.29, 1.82) is 0 Å². The van der Waals surface area contributed by atoms with E-state index in [2.05, 4.69) is 0 Å². The molecule has 0 N–H and O–H groups in total. The van der Waals surface area contributed by atoms with Crippen molar-refractivity contribution in [2.75, 3.05) is 24.5 Å². The molecule has 1 aliphatic rings. The number of rotatable bonds is 2. The first kappa shape index (κ1) is 10.2. The zero-order valence-corrected chi connectivity index (χ0v) is 7.79. The molecule has 1 unspecified atom stereocenters. The van der Waals surface area contributed by atoms with Gasteiger partial charge in [-0.15, -0.1) is 0 Å². The summed E-state index contributed by atoms with van der Waals surface area (Å²) >= 11 is 1.73. The lowest BCUT2D eigenvalue weighted by atomic mass is 9.90. The van der Waals surface area contributed by atoms with Gasteiger partial charge in [-0.25, -0.2) is 0 Å². The summed E-state index contributed by atoms with van der Waals surface area (Å²) in [7, 11) is 0. The van der Waals surface area contributed by atoms with Gasteiger partial charge in [0.25, 0.3) is 0 Å². The molecule has 12 heavy (non-hydrogen) atoms. The lowest BCUT2D eigenvalue weighted by Gasteiger charge is -2.36. The predicted octanol–water partition coefficient (Wildman–Crippen LogP) is 1.81. The van der Waals surface area contributed by atoms with Crippen LogP contribution in [0.25, 0.3) is 0 Å². The topological polar surface area (TPSA) is 3.24 Å². The average Bonchev–Trinajstić information content (AvgIpc) is 1.91. The SMILES string of the molecule is CC1CSCCN1C[B-](F)(F)F. The molecule has 1 aliphatic heterocycles. The summed E-state index contributed by atoms with van der Waals surface area (Å²) in [5, 5.41) is 0. The summed E-state index contributed by atoms with van der Waals surface area (Å²) < 4.78 is 36.1. The Balaban J connectivity index is 2.39. The van der Waals surface area contributed by atoms with Crippen molar-refractivity contribution in [3.8, 4) is 0 Å². The van der Waals surface area contributed by atoms with Crippen molar-refractivity contribution in [2.24, 2.45) is 0 Å². The Bertz CT molecular complexity index is 152. The molecule has 1 heterocycles. The highest BCUT2D eigenvalue weighted by Gasteiger charge is 2.29. The highest BCUT2D eigenvalue weighted by atomic mass is 32.2. The van der Waals surface area contributed by atoms with Crippen molar-refractivity contribution >= 4 is 18.7 Å². The molecule has 1 saturated heterocycles. The highest BCUT2D eigenvalue weighted by Crippen LogP contribution is 2.19. The van der Waals surface area contributed by atoms with Crippen molar-refractivity contribution < 1.29 is 12.9 Å². The summed E-state index contributed by atoms with van der Waals surface area (Å²) in [5.41, 5.74) is 0. The van der Waals surface area contributed by atoms with E-state index >= 15 is 0 Å². The molecule has 0 spiro atoms. The Kier molecular flexibility index (Phi) is 3.34. The van der Waals surface area contributed by atoms with Gasteiger partial charge >= 0.3 is 6.98 Å². The fourth-order valence-corrected chi connectivity index (χ4v) is 2.38. The zero-order chi connectivity index (χ0) is 9.19. The van der Waals surface area contributed by atoms with E-state index in [4.69, 9.17) is 0 Å². The van der Waals surface area contributed by atoms with Crippen LogP contribution in [0.5, 0.6) is 0 Å². The Hall–Kier alpha value is 0.165. The monoisotopic (exact) mass is 198 g/mol. The summed E-state index contributed by atoms with van der Waals surface area (Å²) in [6.45, 7) is -2.21. The molecular weight excluding hydrogens is 186 g/mol. The van der Waals surface area contributed by atoms with E-state index in [1.54, 1.807) is 11.8 Å². The molecule has 1 nitrogen and oxygen atoms in total. The molecule has 0 saturated carbocycles. The van der Waals surface area contributed by atoms with Crippen molar-refractivity contribution in [1.82, 2.24) is 4.90 Å². The first-order valence-corrected chi connectivity index (χ1v) is 5.17. The van der Waals surface area contributed by atoms with Gasteiger partial charge < -0.3 is 17.8 Å². The van der Waals surface area contributed by atoms with Crippen molar-refractivity contribution in [3.05, 3.63) is 0 Å². The molecule has 72 valence electrons. The highest BCUT2D eigenvalue weighted by molar-refractivity contribution is 7.99. The van der Waals surface area contributed by atoms with E-state index in [-0.39, 0.29) is 6.04 Å². The second-order valence-electron chi connectivity index (χ2n) is 3.13.